The number of aromatic nitrogens is 1. The quantitative estimate of drug-likeness (QED) is 0.216. The Labute approximate surface area is 256 Å². The van der Waals surface area contributed by atoms with Crippen LogP contribution in [0, 0.1) is 5.82 Å². The summed E-state index contributed by atoms with van der Waals surface area (Å²) in [4.78, 5) is 12.8. The summed E-state index contributed by atoms with van der Waals surface area (Å²) in [6.07, 6.45) is 5.93. The van der Waals surface area contributed by atoms with E-state index < -0.39 is 21.7 Å². The average Bonchev–Trinajstić information content (AvgIpc) is 3.35. The van der Waals surface area contributed by atoms with Gasteiger partial charge in [0.15, 0.2) is 0 Å². The van der Waals surface area contributed by atoms with Crippen LogP contribution in [-0.4, -0.2) is 18.9 Å². The van der Waals surface area contributed by atoms with Crippen LogP contribution < -0.4 is 4.72 Å². The number of carbonyl (C=O) groups is 1. The second kappa shape index (κ2) is 12.2. The molecule has 1 N–H and O–H groups in total. The predicted octanol–water partition coefficient (Wildman–Crippen LogP) is 8.60. The molecule has 0 unspecified atom stereocenters. The van der Waals surface area contributed by atoms with Gasteiger partial charge in [-0.3, -0.25) is 4.79 Å². The van der Waals surface area contributed by atoms with Crippen LogP contribution in [0.3, 0.4) is 0 Å². The first-order chi connectivity index (χ1) is 19.0. The van der Waals surface area contributed by atoms with Crippen molar-refractivity contribution in [1.82, 2.24) is 9.29 Å². The van der Waals surface area contributed by atoms with Gasteiger partial charge in [0.05, 0.1) is 10.5 Å². The molecule has 212 valence electrons. The third-order valence-corrected chi connectivity index (χ3v) is 11.4. The topological polar surface area (TPSA) is 68.2 Å². The lowest BCUT2D eigenvalue weighted by Gasteiger charge is -2.17. The maximum absolute atomic E-state index is 15.0. The largest absolute Gasteiger partial charge is 0.340 e. The van der Waals surface area contributed by atoms with E-state index in [1.807, 2.05) is 6.07 Å². The Morgan fingerprint density at radius 2 is 1.70 bits per heavy atom. The number of hydrogen-bond acceptors (Lipinski definition) is 4. The van der Waals surface area contributed by atoms with Crippen molar-refractivity contribution in [3.05, 3.63) is 84.0 Å². The van der Waals surface area contributed by atoms with Gasteiger partial charge in [-0.15, -0.1) is 11.3 Å². The summed E-state index contributed by atoms with van der Waals surface area (Å²) in [5.74, 6) is -1.11. The number of hydrogen-bond donors (Lipinski definition) is 1. The molecule has 2 aromatic carbocycles. The summed E-state index contributed by atoms with van der Waals surface area (Å²) in [5.41, 5.74) is 4.61. The number of amides is 1. The first-order valence-electron chi connectivity index (χ1n) is 12.8. The molecule has 2 aromatic heterocycles. The number of nitrogens with one attached hydrogen (secondary N) is 1. The number of benzene rings is 2. The normalized spacial score (nSPS) is 14.1. The van der Waals surface area contributed by atoms with Crippen molar-refractivity contribution in [2.24, 2.45) is 0 Å². The van der Waals surface area contributed by atoms with Crippen LogP contribution in [-0.2, 0) is 40.6 Å². The number of rotatable bonds is 7. The van der Waals surface area contributed by atoms with E-state index in [1.54, 1.807) is 18.2 Å². The van der Waals surface area contributed by atoms with Gasteiger partial charge in [-0.2, -0.15) is 0 Å². The van der Waals surface area contributed by atoms with E-state index in [0.717, 1.165) is 77.6 Å². The van der Waals surface area contributed by atoms with Gasteiger partial charge < -0.3 is 4.57 Å². The maximum Gasteiger partial charge on any atom is 0.273 e. The Kier molecular flexibility index (Phi) is 9.05. The lowest BCUT2D eigenvalue weighted by molar-refractivity contribution is -0.119. The highest BCUT2D eigenvalue weighted by atomic mass is 35.5. The van der Waals surface area contributed by atoms with E-state index in [4.69, 9.17) is 46.4 Å². The lowest BCUT2D eigenvalue weighted by Crippen LogP contribution is -2.30. The van der Waals surface area contributed by atoms with E-state index in [0.29, 0.717) is 22.2 Å². The van der Waals surface area contributed by atoms with Crippen LogP contribution in [0.15, 0.2) is 40.6 Å². The SMILES string of the molecule is O=C(CCc1cc(F)cc2c3c(n(Cc4ccc(Cl)cc4Cl)c12)CCCCCC3)NS(=O)(=O)c1cc(Cl)c(Cl)s1. The van der Waals surface area contributed by atoms with Gasteiger partial charge in [0.25, 0.3) is 10.0 Å². The predicted molar refractivity (Wildman–Crippen MR) is 161 cm³/mol. The van der Waals surface area contributed by atoms with Crippen LogP contribution in [0.5, 0.6) is 0 Å². The molecule has 0 saturated heterocycles. The molecule has 0 bridgehead atoms. The summed E-state index contributed by atoms with van der Waals surface area (Å²) >= 11 is 25.2. The van der Waals surface area contributed by atoms with Crippen LogP contribution >= 0.6 is 57.7 Å². The molecule has 0 saturated carbocycles. The molecule has 1 amide bonds. The Bertz CT molecular complexity index is 1700. The van der Waals surface area contributed by atoms with Crippen LogP contribution in [0.2, 0.25) is 19.4 Å². The third kappa shape index (κ3) is 6.32. The van der Waals surface area contributed by atoms with Gasteiger partial charge in [0.2, 0.25) is 5.91 Å². The van der Waals surface area contributed by atoms with Gasteiger partial charge in [-0.25, -0.2) is 17.5 Å². The highest BCUT2D eigenvalue weighted by Crippen LogP contribution is 2.36. The molecule has 12 heteroatoms. The molecule has 4 aromatic rings. The number of nitrogens with zero attached hydrogens (tertiary/aromatic N) is 1. The van der Waals surface area contributed by atoms with Gasteiger partial charge in [0.1, 0.15) is 14.4 Å². The number of sulfonamides is 1. The molecule has 1 aliphatic carbocycles. The van der Waals surface area contributed by atoms with Crippen molar-refractivity contribution in [3.8, 4) is 0 Å². The summed E-state index contributed by atoms with van der Waals surface area (Å²) in [6, 6.07) is 9.57. The van der Waals surface area contributed by atoms with Crippen molar-refractivity contribution in [1.29, 1.82) is 0 Å². The molecular weight excluding hydrogens is 637 g/mol. The first-order valence-corrected chi connectivity index (χ1v) is 16.6. The molecule has 40 heavy (non-hydrogen) atoms. The zero-order valence-corrected chi connectivity index (χ0v) is 25.9. The van der Waals surface area contributed by atoms with Crippen molar-refractivity contribution < 1.29 is 17.6 Å². The lowest BCUT2D eigenvalue weighted by atomic mass is 9.95. The average molecular weight is 662 g/mol. The highest BCUT2D eigenvalue weighted by molar-refractivity contribution is 7.92. The fraction of sp³-hybridized carbons (Fsp3) is 0.321. The minimum absolute atomic E-state index is 0.0961. The molecule has 0 atom stereocenters. The van der Waals surface area contributed by atoms with Crippen molar-refractivity contribution in [3.63, 3.8) is 0 Å². The molecule has 0 aliphatic heterocycles. The zero-order chi connectivity index (χ0) is 28.6. The second-order valence-electron chi connectivity index (χ2n) is 9.84. The Morgan fingerprint density at radius 3 is 2.40 bits per heavy atom. The molecule has 0 fully saturated rings. The fourth-order valence-corrected chi connectivity index (χ4v) is 8.68. The summed E-state index contributed by atoms with van der Waals surface area (Å²) < 4.78 is 44.6. The molecule has 5 nitrogen and oxygen atoms in total. The summed E-state index contributed by atoms with van der Waals surface area (Å²) in [6.45, 7) is 0.459. The van der Waals surface area contributed by atoms with E-state index in [-0.39, 0.29) is 26.4 Å². The number of thiophene rings is 1. The first kappa shape index (κ1) is 29.7. The second-order valence-corrected chi connectivity index (χ2v) is 14.7. The monoisotopic (exact) mass is 660 g/mol. The smallest absolute Gasteiger partial charge is 0.273 e. The molecule has 0 radical (unpaired) electrons. The molecule has 2 heterocycles. The van der Waals surface area contributed by atoms with E-state index in [9.17, 15) is 17.6 Å². The molecule has 1 aliphatic rings. The molecular formula is C28H25Cl4FN2O3S2. The Hall–Kier alpha value is -1.81. The van der Waals surface area contributed by atoms with Crippen LogP contribution in [0.4, 0.5) is 4.39 Å². The molecule has 5 rings (SSSR count). The van der Waals surface area contributed by atoms with Crippen molar-refractivity contribution in [2.45, 2.75) is 62.1 Å². The van der Waals surface area contributed by atoms with E-state index in [2.05, 4.69) is 9.29 Å². The van der Waals surface area contributed by atoms with Gasteiger partial charge in [0, 0.05) is 34.1 Å². The number of aryl methyl sites for hydroxylation is 2. The Balaban J connectivity index is 1.51. The number of halogens is 5. The number of fused-ring (bicyclic) bond motifs is 3. The zero-order valence-electron chi connectivity index (χ0n) is 21.2. The Morgan fingerprint density at radius 1 is 0.950 bits per heavy atom. The standard InChI is InChI=1S/C28H25Cl4FN2O3S2/c29-18-9-7-17(22(30)12-18)15-35-24-6-4-2-1-3-5-20(24)21-13-19(33)11-16(27(21)35)8-10-25(36)34-40(37,38)26-14-23(31)28(32)39-26/h7,9,11-14H,1-6,8,10,15H2,(H,34,36). The summed E-state index contributed by atoms with van der Waals surface area (Å²) in [5, 5.41) is 2.00. The van der Waals surface area contributed by atoms with Crippen molar-refractivity contribution >= 4 is 84.6 Å². The van der Waals surface area contributed by atoms with E-state index in [1.165, 1.54) is 12.1 Å². The fourth-order valence-electron chi connectivity index (χ4n) is 5.31. The van der Waals surface area contributed by atoms with Crippen LogP contribution in [0.25, 0.3) is 10.9 Å². The van der Waals surface area contributed by atoms with Gasteiger partial charge >= 0.3 is 0 Å². The van der Waals surface area contributed by atoms with Crippen molar-refractivity contribution in [2.75, 3.05) is 0 Å². The van der Waals surface area contributed by atoms with Crippen LogP contribution in [0.1, 0.15) is 54.5 Å². The minimum atomic E-state index is -4.14. The van der Waals surface area contributed by atoms with Gasteiger partial charge in [-0.05, 0) is 79.1 Å². The highest BCUT2D eigenvalue weighted by Gasteiger charge is 2.24. The third-order valence-electron chi connectivity index (χ3n) is 7.11. The minimum Gasteiger partial charge on any atom is -0.340 e. The maximum atomic E-state index is 15.0. The van der Waals surface area contributed by atoms with E-state index >= 15 is 0 Å². The molecule has 0 spiro atoms. The van der Waals surface area contributed by atoms with Gasteiger partial charge in [-0.1, -0.05) is 65.3 Å². The number of carbonyl (C=O) groups excluding carboxylic acids is 1. The summed E-state index contributed by atoms with van der Waals surface area (Å²) in [7, 11) is -4.14.